The summed E-state index contributed by atoms with van der Waals surface area (Å²) in [7, 11) is 0. The molecule has 4 aromatic rings. The number of fused-ring (bicyclic) bond motifs is 1. The average Bonchev–Trinajstić information content (AvgIpc) is 3.06. The first-order chi connectivity index (χ1) is 11.7. The largest absolute Gasteiger partial charge is 0.507 e. The summed E-state index contributed by atoms with van der Waals surface area (Å²) in [6.45, 7) is 1.91. The normalized spacial score (nSPS) is 10.9. The van der Waals surface area contributed by atoms with Crippen molar-refractivity contribution in [2.24, 2.45) is 0 Å². The average molecular weight is 318 g/mol. The smallest absolute Gasteiger partial charge is 0.230 e. The minimum Gasteiger partial charge on any atom is -0.507 e. The Morgan fingerprint density at radius 1 is 1.00 bits per heavy atom. The third-order valence-corrected chi connectivity index (χ3v) is 3.82. The van der Waals surface area contributed by atoms with E-state index in [1.54, 1.807) is 42.9 Å². The zero-order valence-corrected chi connectivity index (χ0v) is 12.9. The fraction of sp³-hybridized carbons (Fsp3) is 0.0526. The summed E-state index contributed by atoms with van der Waals surface area (Å²) in [5.41, 5.74) is 3.15. The van der Waals surface area contributed by atoms with E-state index < -0.39 is 0 Å². The molecular formula is C19H14N2O3. The zero-order valence-electron chi connectivity index (χ0n) is 12.9. The van der Waals surface area contributed by atoms with Gasteiger partial charge < -0.3 is 14.3 Å². The molecule has 0 amide bonds. The number of furan rings is 1. The molecule has 4 rings (SSSR count). The van der Waals surface area contributed by atoms with Crippen molar-refractivity contribution < 1.29 is 14.3 Å². The summed E-state index contributed by atoms with van der Waals surface area (Å²) >= 11 is 0. The second-order valence-electron chi connectivity index (χ2n) is 5.37. The monoisotopic (exact) mass is 318 g/mol. The molecular weight excluding hydrogens is 304 g/mol. The van der Waals surface area contributed by atoms with Gasteiger partial charge in [0.1, 0.15) is 17.1 Å². The van der Waals surface area contributed by atoms with E-state index in [9.17, 15) is 5.11 Å². The van der Waals surface area contributed by atoms with Gasteiger partial charge in [-0.05, 0) is 37.3 Å². The van der Waals surface area contributed by atoms with Crippen molar-refractivity contribution in [3.05, 3.63) is 66.8 Å². The molecule has 0 aliphatic carbocycles. The molecule has 5 heteroatoms. The molecule has 5 nitrogen and oxygen atoms in total. The van der Waals surface area contributed by atoms with Crippen LogP contribution < -0.4 is 4.74 Å². The Morgan fingerprint density at radius 3 is 2.75 bits per heavy atom. The van der Waals surface area contributed by atoms with Gasteiger partial charge in [0.25, 0.3) is 0 Å². The van der Waals surface area contributed by atoms with Crippen molar-refractivity contribution in [1.82, 2.24) is 9.97 Å². The third-order valence-electron chi connectivity index (χ3n) is 3.82. The molecule has 0 radical (unpaired) electrons. The predicted molar refractivity (Wildman–Crippen MR) is 90.2 cm³/mol. The molecule has 24 heavy (non-hydrogen) atoms. The minimum atomic E-state index is 0.128. The van der Waals surface area contributed by atoms with Crippen molar-refractivity contribution in [1.29, 1.82) is 0 Å². The second-order valence-corrected chi connectivity index (χ2v) is 5.37. The van der Waals surface area contributed by atoms with Gasteiger partial charge in [-0.15, -0.1) is 0 Å². The number of ether oxygens (including phenoxy) is 1. The number of nitrogens with zero attached hydrogens (tertiary/aromatic N) is 2. The molecule has 118 valence electrons. The molecule has 0 bridgehead atoms. The maximum Gasteiger partial charge on any atom is 0.230 e. The predicted octanol–water partition coefficient (Wildman–Crippen LogP) is 4.70. The maximum absolute atomic E-state index is 10.4. The lowest BCUT2D eigenvalue weighted by molar-refractivity contribution is 0.450. The quantitative estimate of drug-likeness (QED) is 0.593. The first-order valence-corrected chi connectivity index (χ1v) is 7.47. The van der Waals surface area contributed by atoms with E-state index in [0.717, 1.165) is 16.6 Å². The highest BCUT2D eigenvalue weighted by molar-refractivity contribution is 5.82. The van der Waals surface area contributed by atoms with Crippen LogP contribution in [-0.4, -0.2) is 15.1 Å². The number of aromatic nitrogens is 2. The van der Waals surface area contributed by atoms with Crippen LogP contribution in [0.2, 0.25) is 0 Å². The standard InChI is InChI=1S/C19H14N2O3/c1-12-14(3-2-8-20-12)15-5-4-13(11-17(15)22)24-19-16-7-10-23-18(16)6-9-21-19/h2-11,22H,1H3. The van der Waals surface area contributed by atoms with Gasteiger partial charge in [0.15, 0.2) is 0 Å². The van der Waals surface area contributed by atoms with Crippen LogP contribution in [0.5, 0.6) is 17.4 Å². The minimum absolute atomic E-state index is 0.128. The summed E-state index contributed by atoms with van der Waals surface area (Å²) in [6, 6.07) is 12.5. The second kappa shape index (κ2) is 5.70. The summed E-state index contributed by atoms with van der Waals surface area (Å²) < 4.78 is 11.1. The topological polar surface area (TPSA) is 68.4 Å². The van der Waals surface area contributed by atoms with Gasteiger partial charge >= 0.3 is 0 Å². The number of rotatable bonds is 3. The number of pyridine rings is 2. The lowest BCUT2D eigenvalue weighted by Crippen LogP contribution is -1.90. The Morgan fingerprint density at radius 2 is 1.92 bits per heavy atom. The van der Waals surface area contributed by atoms with Crippen LogP contribution in [0.15, 0.2) is 65.5 Å². The number of phenolic OH excluding ortho intramolecular Hbond substituents is 1. The molecule has 0 spiro atoms. The Kier molecular flexibility index (Phi) is 3.39. The van der Waals surface area contributed by atoms with Crippen LogP contribution in [0.1, 0.15) is 5.69 Å². The summed E-state index contributed by atoms with van der Waals surface area (Å²) in [4.78, 5) is 8.48. The molecule has 1 N–H and O–H groups in total. The van der Waals surface area contributed by atoms with Crippen molar-refractivity contribution in [3.8, 4) is 28.5 Å². The van der Waals surface area contributed by atoms with E-state index in [-0.39, 0.29) is 5.75 Å². The van der Waals surface area contributed by atoms with Crippen molar-refractivity contribution >= 4 is 11.0 Å². The van der Waals surface area contributed by atoms with E-state index >= 15 is 0 Å². The van der Waals surface area contributed by atoms with Crippen LogP contribution in [0.4, 0.5) is 0 Å². The van der Waals surface area contributed by atoms with Crippen LogP contribution in [0, 0.1) is 6.92 Å². The number of aromatic hydroxyl groups is 1. The van der Waals surface area contributed by atoms with Crippen LogP contribution in [-0.2, 0) is 0 Å². The molecule has 1 aromatic carbocycles. The Bertz CT molecular complexity index is 1020. The number of hydrogen-bond donors (Lipinski definition) is 1. The van der Waals surface area contributed by atoms with Crippen molar-refractivity contribution in [2.45, 2.75) is 6.92 Å². The molecule has 0 aliphatic heterocycles. The maximum atomic E-state index is 10.4. The lowest BCUT2D eigenvalue weighted by atomic mass is 10.0. The highest BCUT2D eigenvalue weighted by Gasteiger charge is 2.11. The van der Waals surface area contributed by atoms with E-state index in [0.29, 0.717) is 22.8 Å². The summed E-state index contributed by atoms with van der Waals surface area (Å²) in [5, 5.41) is 11.2. The molecule has 0 atom stereocenters. The summed E-state index contributed by atoms with van der Waals surface area (Å²) in [5.74, 6) is 1.06. The van der Waals surface area contributed by atoms with Crippen molar-refractivity contribution in [2.75, 3.05) is 0 Å². The number of benzene rings is 1. The SMILES string of the molecule is Cc1ncccc1-c1ccc(Oc2nccc3occc23)cc1O. The van der Waals surface area contributed by atoms with E-state index in [1.807, 2.05) is 25.1 Å². The zero-order chi connectivity index (χ0) is 16.5. The highest BCUT2D eigenvalue weighted by Crippen LogP contribution is 2.36. The Hall–Kier alpha value is -3.34. The number of hydrogen-bond acceptors (Lipinski definition) is 5. The summed E-state index contributed by atoms with van der Waals surface area (Å²) in [6.07, 6.45) is 4.93. The Balaban J connectivity index is 1.70. The molecule has 0 saturated carbocycles. The van der Waals surface area contributed by atoms with Gasteiger partial charge in [-0.1, -0.05) is 6.07 Å². The Labute approximate surface area is 138 Å². The first kappa shape index (κ1) is 14.3. The van der Waals surface area contributed by atoms with Gasteiger partial charge in [0.2, 0.25) is 5.88 Å². The van der Waals surface area contributed by atoms with E-state index in [2.05, 4.69) is 9.97 Å². The number of aryl methyl sites for hydroxylation is 1. The fourth-order valence-corrected chi connectivity index (χ4v) is 2.63. The van der Waals surface area contributed by atoms with Gasteiger partial charge in [-0.25, -0.2) is 4.98 Å². The first-order valence-electron chi connectivity index (χ1n) is 7.47. The van der Waals surface area contributed by atoms with Crippen molar-refractivity contribution in [3.63, 3.8) is 0 Å². The molecule has 0 aliphatic rings. The highest BCUT2D eigenvalue weighted by atomic mass is 16.5. The van der Waals surface area contributed by atoms with Gasteiger partial charge in [-0.2, -0.15) is 0 Å². The fourth-order valence-electron chi connectivity index (χ4n) is 2.63. The molecule has 3 heterocycles. The number of phenols is 1. The van der Waals surface area contributed by atoms with Gasteiger partial charge in [-0.3, -0.25) is 4.98 Å². The van der Waals surface area contributed by atoms with E-state index in [1.165, 1.54) is 0 Å². The molecule has 0 fully saturated rings. The molecule has 0 saturated heterocycles. The molecule has 3 aromatic heterocycles. The van der Waals surface area contributed by atoms with Crippen LogP contribution in [0.3, 0.4) is 0 Å². The van der Waals surface area contributed by atoms with Gasteiger partial charge in [0, 0.05) is 35.3 Å². The van der Waals surface area contributed by atoms with Crippen LogP contribution >= 0.6 is 0 Å². The van der Waals surface area contributed by atoms with Gasteiger partial charge in [0.05, 0.1) is 11.6 Å². The third kappa shape index (κ3) is 2.46. The van der Waals surface area contributed by atoms with E-state index in [4.69, 9.17) is 9.15 Å². The van der Waals surface area contributed by atoms with Crippen LogP contribution in [0.25, 0.3) is 22.1 Å². The molecule has 0 unspecified atom stereocenters. The lowest BCUT2D eigenvalue weighted by Gasteiger charge is -2.10.